The molecular formula is C13H11BrN2O4S. The van der Waals surface area contributed by atoms with Crippen molar-refractivity contribution in [3.05, 3.63) is 55.5 Å². The van der Waals surface area contributed by atoms with Crippen LogP contribution in [0.15, 0.2) is 45.1 Å². The molecule has 1 unspecified atom stereocenters. The average molecular weight is 371 g/mol. The number of thiophene rings is 1. The molecule has 0 aliphatic carbocycles. The van der Waals surface area contributed by atoms with Crippen LogP contribution in [0.1, 0.15) is 10.9 Å². The summed E-state index contributed by atoms with van der Waals surface area (Å²) < 4.78 is 1.86. The van der Waals surface area contributed by atoms with Gasteiger partial charge in [-0.2, -0.15) is 0 Å². The number of carbonyl (C=O) groups is 2. The number of hydrogen-bond acceptors (Lipinski definition) is 4. The molecular weight excluding hydrogens is 360 g/mol. The van der Waals surface area contributed by atoms with Crippen LogP contribution in [0.4, 0.5) is 0 Å². The fourth-order valence-corrected chi connectivity index (χ4v) is 2.84. The summed E-state index contributed by atoms with van der Waals surface area (Å²) in [5.41, 5.74) is -0.337. The van der Waals surface area contributed by atoms with Gasteiger partial charge in [-0.15, -0.1) is 11.3 Å². The van der Waals surface area contributed by atoms with Crippen LogP contribution in [0.25, 0.3) is 0 Å². The third-order valence-electron chi connectivity index (χ3n) is 2.64. The van der Waals surface area contributed by atoms with Gasteiger partial charge in [0, 0.05) is 21.6 Å². The monoisotopic (exact) mass is 370 g/mol. The zero-order valence-electron chi connectivity index (χ0n) is 10.7. The van der Waals surface area contributed by atoms with Crippen LogP contribution in [-0.4, -0.2) is 21.6 Å². The van der Waals surface area contributed by atoms with E-state index < -0.39 is 17.9 Å². The molecule has 2 aromatic rings. The molecule has 2 heterocycles. The summed E-state index contributed by atoms with van der Waals surface area (Å²) >= 11 is 4.45. The second kappa shape index (κ2) is 6.68. The third kappa shape index (κ3) is 4.02. The maximum Gasteiger partial charge on any atom is 0.331 e. The summed E-state index contributed by atoms with van der Waals surface area (Å²) in [5.74, 6) is -1.69. The lowest BCUT2D eigenvalue weighted by Gasteiger charge is -2.13. The van der Waals surface area contributed by atoms with E-state index in [2.05, 4.69) is 21.2 Å². The van der Waals surface area contributed by atoms with Crippen molar-refractivity contribution >= 4 is 39.1 Å². The maximum atomic E-state index is 11.9. The van der Waals surface area contributed by atoms with E-state index in [0.29, 0.717) is 9.35 Å². The molecule has 2 aromatic heterocycles. The van der Waals surface area contributed by atoms with E-state index in [0.717, 1.165) is 0 Å². The van der Waals surface area contributed by atoms with Gasteiger partial charge in [-0.3, -0.25) is 9.59 Å². The van der Waals surface area contributed by atoms with Crippen molar-refractivity contribution in [2.75, 3.05) is 0 Å². The smallest absolute Gasteiger partial charge is 0.331 e. The largest absolute Gasteiger partial charge is 0.479 e. The number of carboxylic acid groups (broad SMARTS) is 1. The Balaban J connectivity index is 2.11. The summed E-state index contributed by atoms with van der Waals surface area (Å²) in [6.07, 6.45) is 1.48. The lowest BCUT2D eigenvalue weighted by molar-refractivity contribution is -0.142. The summed E-state index contributed by atoms with van der Waals surface area (Å²) in [4.78, 5) is 35.3. The van der Waals surface area contributed by atoms with Crippen LogP contribution in [0, 0.1) is 0 Å². The summed E-state index contributed by atoms with van der Waals surface area (Å²) in [6, 6.07) is 5.13. The number of hydrogen-bond donors (Lipinski definition) is 2. The number of rotatable bonds is 5. The molecule has 0 radical (unpaired) electrons. The number of nitrogens with zero attached hydrogens (tertiary/aromatic N) is 1. The quantitative estimate of drug-likeness (QED) is 0.836. The molecule has 6 nitrogen and oxygen atoms in total. The summed E-state index contributed by atoms with van der Waals surface area (Å²) in [6.45, 7) is -0.243. The zero-order chi connectivity index (χ0) is 15.4. The van der Waals surface area contributed by atoms with Crippen molar-refractivity contribution < 1.29 is 14.7 Å². The van der Waals surface area contributed by atoms with Crippen LogP contribution >= 0.6 is 27.3 Å². The summed E-state index contributed by atoms with van der Waals surface area (Å²) in [7, 11) is 0. The Kier molecular flexibility index (Phi) is 4.92. The van der Waals surface area contributed by atoms with Gasteiger partial charge >= 0.3 is 5.97 Å². The highest BCUT2D eigenvalue weighted by Gasteiger charge is 2.23. The number of carbonyl (C=O) groups excluding carboxylic acids is 1. The molecule has 0 aliphatic rings. The highest BCUT2D eigenvalue weighted by atomic mass is 79.9. The normalized spacial score (nSPS) is 11.9. The molecule has 0 saturated carbocycles. The first kappa shape index (κ1) is 15.5. The number of nitrogens with one attached hydrogen (secondary N) is 1. The van der Waals surface area contributed by atoms with E-state index in [1.165, 1.54) is 28.2 Å². The van der Waals surface area contributed by atoms with Gasteiger partial charge in [0.2, 0.25) is 5.91 Å². The number of carboxylic acids is 1. The Morgan fingerprint density at radius 2 is 2.14 bits per heavy atom. The van der Waals surface area contributed by atoms with Crippen LogP contribution in [0.3, 0.4) is 0 Å². The number of amides is 1. The Morgan fingerprint density at radius 1 is 1.38 bits per heavy atom. The van der Waals surface area contributed by atoms with Gasteiger partial charge in [0.15, 0.2) is 6.04 Å². The van der Waals surface area contributed by atoms with Crippen molar-refractivity contribution in [3.8, 4) is 0 Å². The molecule has 0 aliphatic heterocycles. The van der Waals surface area contributed by atoms with Crippen molar-refractivity contribution in [2.24, 2.45) is 0 Å². The topological polar surface area (TPSA) is 88.4 Å². The molecule has 0 bridgehead atoms. The number of aromatic nitrogens is 1. The highest BCUT2D eigenvalue weighted by Crippen LogP contribution is 2.19. The van der Waals surface area contributed by atoms with Crippen LogP contribution in [0.2, 0.25) is 0 Å². The molecule has 0 fully saturated rings. The number of aliphatic carboxylic acids is 1. The highest BCUT2D eigenvalue weighted by molar-refractivity contribution is 9.10. The van der Waals surface area contributed by atoms with Gasteiger partial charge in [-0.1, -0.05) is 6.07 Å². The van der Waals surface area contributed by atoms with Gasteiger partial charge < -0.3 is 15.0 Å². The predicted octanol–water partition coefficient (Wildman–Crippen LogP) is 1.61. The van der Waals surface area contributed by atoms with Crippen LogP contribution in [0.5, 0.6) is 0 Å². The fourth-order valence-electron chi connectivity index (χ4n) is 1.70. The van der Waals surface area contributed by atoms with Crippen molar-refractivity contribution in [2.45, 2.75) is 12.6 Å². The second-order valence-electron chi connectivity index (χ2n) is 4.17. The van der Waals surface area contributed by atoms with E-state index in [1.807, 2.05) is 0 Å². The molecule has 8 heteroatoms. The molecule has 0 aromatic carbocycles. The standard InChI is InChI=1S/C13H11BrN2O4S/c14-8-3-4-11(18)16(6-8)7-10(17)15-12(13(19)20)9-2-1-5-21-9/h1-6,12H,7H2,(H,15,17)(H,19,20). The Bertz CT molecular complexity index is 711. The number of halogens is 1. The molecule has 110 valence electrons. The Morgan fingerprint density at radius 3 is 2.76 bits per heavy atom. The van der Waals surface area contributed by atoms with Gasteiger partial charge in [0.1, 0.15) is 6.54 Å². The molecule has 2 rings (SSSR count). The average Bonchev–Trinajstić information content (AvgIpc) is 2.93. The molecule has 21 heavy (non-hydrogen) atoms. The van der Waals surface area contributed by atoms with Gasteiger partial charge in [0.25, 0.3) is 5.56 Å². The summed E-state index contributed by atoms with van der Waals surface area (Å²) in [5, 5.41) is 13.3. The van der Waals surface area contributed by atoms with Gasteiger partial charge in [-0.05, 0) is 33.4 Å². The molecule has 0 saturated heterocycles. The van der Waals surface area contributed by atoms with Crippen molar-refractivity contribution in [1.29, 1.82) is 0 Å². The Labute approximate surface area is 132 Å². The first-order valence-electron chi connectivity index (χ1n) is 5.89. The first-order valence-corrected chi connectivity index (χ1v) is 7.56. The fraction of sp³-hybridized carbons (Fsp3) is 0.154. The minimum absolute atomic E-state index is 0.243. The van der Waals surface area contributed by atoms with Crippen LogP contribution < -0.4 is 10.9 Å². The van der Waals surface area contributed by atoms with E-state index in [4.69, 9.17) is 0 Å². The lowest BCUT2D eigenvalue weighted by Crippen LogP contribution is -2.37. The van der Waals surface area contributed by atoms with E-state index in [9.17, 15) is 19.5 Å². The lowest BCUT2D eigenvalue weighted by atomic mass is 10.2. The van der Waals surface area contributed by atoms with E-state index in [1.54, 1.807) is 23.6 Å². The van der Waals surface area contributed by atoms with Gasteiger partial charge in [-0.25, -0.2) is 4.79 Å². The Hall–Kier alpha value is -1.93. The number of pyridine rings is 1. The molecule has 0 spiro atoms. The molecule has 1 amide bonds. The van der Waals surface area contributed by atoms with Crippen molar-refractivity contribution in [3.63, 3.8) is 0 Å². The maximum absolute atomic E-state index is 11.9. The minimum Gasteiger partial charge on any atom is -0.479 e. The van der Waals surface area contributed by atoms with E-state index >= 15 is 0 Å². The van der Waals surface area contributed by atoms with Crippen molar-refractivity contribution in [1.82, 2.24) is 9.88 Å². The SMILES string of the molecule is O=C(Cn1cc(Br)ccc1=O)NC(C(=O)O)c1cccs1. The van der Waals surface area contributed by atoms with Gasteiger partial charge in [0.05, 0.1) is 0 Å². The zero-order valence-corrected chi connectivity index (χ0v) is 13.1. The molecule has 2 N–H and O–H groups in total. The predicted molar refractivity (Wildman–Crippen MR) is 81.2 cm³/mol. The van der Waals surface area contributed by atoms with Crippen LogP contribution in [-0.2, 0) is 16.1 Å². The van der Waals surface area contributed by atoms with E-state index in [-0.39, 0.29) is 12.1 Å². The third-order valence-corrected chi connectivity index (χ3v) is 4.05. The second-order valence-corrected chi connectivity index (χ2v) is 6.06. The minimum atomic E-state index is -1.15. The molecule has 1 atom stereocenters. The first-order chi connectivity index (χ1) is 9.97.